The van der Waals surface area contributed by atoms with Gasteiger partial charge in [0.15, 0.2) is 0 Å². The van der Waals surface area contributed by atoms with Gasteiger partial charge >= 0.3 is 12.0 Å². The van der Waals surface area contributed by atoms with Gasteiger partial charge in [0.25, 0.3) is 0 Å². The van der Waals surface area contributed by atoms with Crippen LogP contribution in [0.4, 0.5) is 16.2 Å². The van der Waals surface area contributed by atoms with Crippen molar-refractivity contribution in [3.63, 3.8) is 0 Å². The Hall–Kier alpha value is -3.88. The van der Waals surface area contributed by atoms with E-state index in [2.05, 4.69) is 16.0 Å². The molecular formula is C24H28N4O5. The lowest BCUT2D eigenvalue weighted by Gasteiger charge is -2.39. The van der Waals surface area contributed by atoms with E-state index in [4.69, 9.17) is 5.11 Å². The minimum Gasteiger partial charge on any atom is -0.480 e. The van der Waals surface area contributed by atoms with Gasteiger partial charge in [-0.3, -0.25) is 19.3 Å². The van der Waals surface area contributed by atoms with Crippen molar-refractivity contribution in [2.45, 2.75) is 45.3 Å². The van der Waals surface area contributed by atoms with Crippen LogP contribution in [0.1, 0.15) is 26.3 Å². The van der Waals surface area contributed by atoms with Gasteiger partial charge < -0.3 is 21.1 Å². The molecule has 0 aliphatic carbocycles. The van der Waals surface area contributed by atoms with Crippen LogP contribution < -0.4 is 20.9 Å². The van der Waals surface area contributed by atoms with Crippen LogP contribution in [0, 0.1) is 5.92 Å². The Bertz CT molecular complexity index is 1040. The lowest BCUT2D eigenvalue weighted by Crippen LogP contribution is -2.60. The fourth-order valence-electron chi connectivity index (χ4n) is 3.75. The van der Waals surface area contributed by atoms with E-state index in [1.165, 1.54) is 11.8 Å². The molecule has 4 amide bonds. The Labute approximate surface area is 192 Å². The first-order valence-corrected chi connectivity index (χ1v) is 10.8. The number of carbonyl (C=O) groups excluding carboxylic acids is 3. The molecule has 3 rings (SSSR count). The van der Waals surface area contributed by atoms with Crippen molar-refractivity contribution in [2.75, 3.05) is 10.2 Å². The van der Waals surface area contributed by atoms with E-state index < -0.39 is 36.0 Å². The van der Waals surface area contributed by atoms with E-state index in [9.17, 15) is 19.2 Å². The van der Waals surface area contributed by atoms with Crippen LogP contribution >= 0.6 is 0 Å². The van der Waals surface area contributed by atoms with E-state index in [1.54, 1.807) is 24.3 Å². The number of carboxylic acid groups (broad SMARTS) is 1. The number of hydrogen-bond acceptors (Lipinski definition) is 4. The minimum atomic E-state index is -1.19. The third kappa shape index (κ3) is 5.49. The summed E-state index contributed by atoms with van der Waals surface area (Å²) in [7, 11) is 0. The van der Waals surface area contributed by atoms with Crippen molar-refractivity contribution in [3.8, 4) is 0 Å². The second-order valence-electron chi connectivity index (χ2n) is 8.33. The Morgan fingerprint density at radius 2 is 1.64 bits per heavy atom. The predicted octanol–water partition coefficient (Wildman–Crippen LogP) is 2.38. The number of urea groups is 1. The molecule has 9 nitrogen and oxygen atoms in total. The predicted molar refractivity (Wildman–Crippen MR) is 124 cm³/mol. The van der Waals surface area contributed by atoms with Crippen LogP contribution in [-0.4, -0.2) is 47.0 Å². The van der Waals surface area contributed by atoms with Crippen molar-refractivity contribution >= 4 is 35.2 Å². The molecule has 0 saturated heterocycles. The summed E-state index contributed by atoms with van der Waals surface area (Å²) in [6, 6.07) is 12.5. The highest BCUT2D eigenvalue weighted by Crippen LogP contribution is 2.34. The van der Waals surface area contributed by atoms with Crippen LogP contribution in [-0.2, 0) is 20.8 Å². The number of aliphatic carboxylic acids is 1. The number of fused-ring (bicyclic) bond motifs is 1. The summed E-state index contributed by atoms with van der Waals surface area (Å²) in [5, 5.41) is 17.1. The molecule has 0 aromatic heterocycles. The van der Waals surface area contributed by atoms with Gasteiger partial charge in [-0.15, -0.1) is 0 Å². The van der Waals surface area contributed by atoms with Crippen LogP contribution in [0.25, 0.3) is 0 Å². The smallest absolute Gasteiger partial charge is 0.325 e. The third-order valence-corrected chi connectivity index (χ3v) is 5.44. The maximum atomic E-state index is 13.5. The number of carbonyl (C=O) groups is 4. The maximum absolute atomic E-state index is 13.5. The number of rotatable bonds is 7. The quantitative estimate of drug-likeness (QED) is 0.513. The minimum absolute atomic E-state index is 0.152. The average Bonchev–Trinajstić information content (AvgIpc) is 2.77. The highest BCUT2D eigenvalue weighted by molar-refractivity contribution is 6.12. The highest BCUT2D eigenvalue weighted by atomic mass is 16.4. The van der Waals surface area contributed by atoms with Crippen molar-refractivity contribution in [1.82, 2.24) is 10.6 Å². The summed E-state index contributed by atoms with van der Waals surface area (Å²) >= 11 is 0. The molecule has 1 aliphatic rings. The number of benzene rings is 2. The Morgan fingerprint density at radius 3 is 2.27 bits per heavy atom. The maximum Gasteiger partial charge on any atom is 0.325 e. The molecule has 2 aromatic carbocycles. The molecule has 0 bridgehead atoms. The molecule has 3 atom stereocenters. The number of para-hydroxylation sites is 2. The molecule has 0 spiro atoms. The first-order chi connectivity index (χ1) is 15.7. The summed E-state index contributed by atoms with van der Waals surface area (Å²) in [6.07, 6.45) is 0.152. The lowest BCUT2D eigenvalue weighted by atomic mass is 9.98. The molecule has 0 fully saturated rings. The van der Waals surface area contributed by atoms with Gasteiger partial charge in [0, 0.05) is 6.42 Å². The summed E-state index contributed by atoms with van der Waals surface area (Å²) < 4.78 is 0. The fourth-order valence-corrected chi connectivity index (χ4v) is 3.75. The van der Waals surface area contributed by atoms with Crippen LogP contribution in [0.3, 0.4) is 0 Å². The summed E-state index contributed by atoms with van der Waals surface area (Å²) in [4.78, 5) is 51.8. The first-order valence-electron chi connectivity index (χ1n) is 10.8. The van der Waals surface area contributed by atoms with E-state index in [1.807, 2.05) is 44.2 Å². The molecule has 174 valence electrons. The number of hydrogen-bond donors (Lipinski definition) is 4. The van der Waals surface area contributed by atoms with Crippen molar-refractivity contribution in [2.24, 2.45) is 5.92 Å². The number of carboxylic acids is 1. The van der Waals surface area contributed by atoms with Crippen molar-refractivity contribution in [1.29, 1.82) is 0 Å². The molecule has 0 radical (unpaired) electrons. The molecule has 4 N–H and O–H groups in total. The van der Waals surface area contributed by atoms with Gasteiger partial charge in [0.05, 0.1) is 11.4 Å². The molecule has 1 aliphatic heterocycles. The molecule has 0 unspecified atom stereocenters. The molecule has 2 aromatic rings. The third-order valence-electron chi connectivity index (χ3n) is 5.44. The van der Waals surface area contributed by atoms with Gasteiger partial charge in [-0.25, -0.2) is 4.79 Å². The van der Waals surface area contributed by atoms with E-state index in [0.717, 1.165) is 5.56 Å². The zero-order valence-corrected chi connectivity index (χ0v) is 18.7. The normalized spacial score (nSPS) is 16.9. The largest absolute Gasteiger partial charge is 0.480 e. The van der Waals surface area contributed by atoms with E-state index in [-0.39, 0.29) is 18.2 Å². The van der Waals surface area contributed by atoms with E-state index >= 15 is 0 Å². The molecular weight excluding hydrogens is 424 g/mol. The second-order valence-corrected chi connectivity index (χ2v) is 8.33. The summed E-state index contributed by atoms with van der Waals surface area (Å²) in [5.74, 6) is -2.33. The average molecular weight is 453 g/mol. The second kappa shape index (κ2) is 10.2. The molecule has 0 saturated carbocycles. The van der Waals surface area contributed by atoms with Crippen LogP contribution in [0.2, 0.25) is 0 Å². The Morgan fingerprint density at radius 1 is 1.00 bits per heavy atom. The van der Waals surface area contributed by atoms with Gasteiger partial charge in [-0.2, -0.15) is 0 Å². The number of nitrogens with zero attached hydrogens (tertiary/aromatic N) is 1. The van der Waals surface area contributed by atoms with E-state index in [0.29, 0.717) is 11.4 Å². The summed E-state index contributed by atoms with van der Waals surface area (Å²) in [6.45, 7) is 5.02. The van der Waals surface area contributed by atoms with Gasteiger partial charge in [0.2, 0.25) is 11.8 Å². The standard InChI is InChI=1S/C24H28N4O5/c1-14(2)20-22(30)26-17-11-7-8-12-19(17)28(20)24(33)27-18(13-16-9-5-4-6-10-16)21(29)25-15(3)23(31)32/h4-12,14-15,18,20H,13H2,1-3H3,(H,25,29)(H,26,30)(H,27,33)(H,31,32)/t15-,18-,20-/m0/s1. The number of anilines is 2. The monoisotopic (exact) mass is 452 g/mol. The zero-order valence-electron chi connectivity index (χ0n) is 18.7. The van der Waals surface area contributed by atoms with Crippen molar-refractivity contribution in [3.05, 3.63) is 60.2 Å². The molecule has 9 heteroatoms. The van der Waals surface area contributed by atoms with Gasteiger partial charge in [-0.05, 0) is 30.5 Å². The zero-order chi connectivity index (χ0) is 24.1. The SMILES string of the molecule is CC(C)[C@H]1C(=O)Nc2ccccc2N1C(=O)N[C@@H](Cc1ccccc1)C(=O)N[C@@H](C)C(=O)O. The van der Waals surface area contributed by atoms with Crippen molar-refractivity contribution < 1.29 is 24.3 Å². The number of nitrogens with one attached hydrogen (secondary N) is 3. The molecule has 33 heavy (non-hydrogen) atoms. The Balaban J connectivity index is 1.91. The first kappa shape index (κ1) is 23.8. The van der Waals surface area contributed by atoms with Gasteiger partial charge in [-0.1, -0.05) is 56.3 Å². The number of amides is 4. The van der Waals surface area contributed by atoms with Crippen LogP contribution in [0.5, 0.6) is 0 Å². The lowest BCUT2D eigenvalue weighted by molar-refractivity contribution is -0.141. The molecule has 1 heterocycles. The fraction of sp³-hybridized carbons (Fsp3) is 0.333. The van der Waals surface area contributed by atoms with Crippen LogP contribution in [0.15, 0.2) is 54.6 Å². The Kier molecular flexibility index (Phi) is 7.32. The summed E-state index contributed by atoms with van der Waals surface area (Å²) in [5.41, 5.74) is 1.81. The topological polar surface area (TPSA) is 128 Å². The highest BCUT2D eigenvalue weighted by Gasteiger charge is 2.40. The van der Waals surface area contributed by atoms with Gasteiger partial charge in [0.1, 0.15) is 18.1 Å².